The quantitative estimate of drug-likeness (QED) is 0.646. The second-order valence-corrected chi connectivity index (χ2v) is 6.08. The van der Waals surface area contributed by atoms with E-state index in [4.69, 9.17) is 15.2 Å². The highest BCUT2D eigenvalue weighted by Gasteiger charge is 2.61. The molecule has 0 saturated carbocycles. The number of nitriles is 1. The summed E-state index contributed by atoms with van der Waals surface area (Å²) in [5.41, 5.74) is 5.18. The molecule has 3 rings (SSSR count). The molecule has 2 aliphatic heterocycles. The van der Waals surface area contributed by atoms with Crippen molar-refractivity contribution in [3.63, 3.8) is 0 Å². The van der Waals surface area contributed by atoms with Gasteiger partial charge >= 0.3 is 5.97 Å². The van der Waals surface area contributed by atoms with E-state index in [1.165, 1.54) is 11.8 Å². The van der Waals surface area contributed by atoms with Crippen LogP contribution in [0.25, 0.3) is 0 Å². The van der Waals surface area contributed by atoms with Crippen molar-refractivity contribution in [2.24, 2.45) is 5.73 Å². The molecule has 1 amide bonds. The fourth-order valence-corrected chi connectivity index (χ4v) is 3.73. The number of carbonyl (C=O) groups excluding carboxylic acids is 2. The molecule has 27 heavy (non-hydrogen) atoms. The summed E-state index contributed by atoms with van der Waals surface area (Å²) in [6.07, 6.45) is 1.58. The molecule has 1 spiro atoms. The minimum absolute atomic E-state index is 0.0286. The van der Waals surface area contributed by atoms with Crippen LogP contribution in [0.1, 0.15) is 19.4 Å². The van der Waals surface area contributed by atoms with Crippen molar-refractivity contribution in [1.82, 2.24) is 0 Å². The van der Waals surface area contributed by atoms with Crippen molar-refractivity contribution >= 4 is 17.6 Å². The second-order valence-electron chi connectivity index (χ2n) is 6.08. The molecule has 2 aliphatic rings. The highest BCUT2D eigenvalue weighted by Crippen LogP contribution is 2.53. The molecule has 7 nitrogen and oxygen atoms in total. The molecule has 1 aromatic rings. The molecule has 0 aliphatic carbocycles. The van der Waals surface area contributed by atoms with Gasteiger partial charge in [0.05, 0.1) is 6.61 Å². The summed E-state index contributed by atoms with van der Waals surface area (Å²) in [6.45, 7) is 7.21. The van der Waals surface area contributed by atoms with Gasteiger partial charge in [-0.25, -0.2) is 4.79 Å². The number of allylic oxidation sites excluding steroid dienone is 1. The number of rotatable bonds is 4. The molecule has 2 N–H and O–H groups in total. The third kappa shape index (κ3) is 2.34. The number of hydrogen-bond donors (Lipinski definition) is 1. The first-order valence-corrected chi connectivity index (χ1v) is 8.44. The molecule has 0 saturated heterocycles. The molecule has 1 unspecified atom stereocenters. The first kappa shape index (κ1) is 18.3. The van der Waals surface area contributed by atoms with Crippen LogP contribution < -0.4 is 10.6 Å². The molecule has 1 aromatic carbocycles. The lowest BCUT2D eigenvalue weighted by Crippen LogP contribution is -2.48. The minimum Gasteiger partial charge on any atom is -0.462 e. The van der Waals surface area contributed by atoms with Gasteiger partial charge in [-0.2, -0.15) is 5.26 Å². The third-order valence-electron chi connectivity index (χ3n) is 4.68. The minimum atomic E-state index is -1.70. The van der Waals surface area contributed by atoms with Crippen LogP contribution in [-0.4, -0.2) is 25.0 Å². The lowest BCUT2D eigenvalue weighted by molar-refractivity contribution is -0.141. The lowest BCUT2D eigenvalue weighted by atomic mass is 9.68. The number of esters is 1. The Bertz CT molecular complexity index is 954. The van der Waals surface area contributed by atoms with E-state index < -0.39 is 17.3 Å². The first-order chi connectivity index (χ1) is 12.9. The summed E-state index contributed by atoms with van der Waals surface area (Å²) in [7, 11) is 0. The average molecular weight is 365 g/mol. The van der Waals surface area contributed by atoms with Crippen LogP contribution >= 0.6 is 0 Å². The van der Waals surface area contributed by atoms with E-state index in [0.717, 1.165) is 0 Å². The monoisotopic (exact) mass is 365 g/mol. The summed E-state index contributed by atoms with van der Waals surface area (Å²) in [4.78, 5) is 28.0. The van der Waals surface area contributed by atoms with Gasteiger partial charge in [-0.05, 0) is 19.9 Å². The first-order valence-electron chi connectivity index (χ1n) is 8.44. The molecule has 138 valence electrons. The zero-order valence-electron chi connectivity index (χ0n) is 15.1. The van der Waals surface area contributed by atoms with E-state index >= 15 is 0 Å². The predicted octanol–water partition coefficient (Wildman–Crippen LogP) is 2.02. The maximum absolute atomic E-state index is 13.6. The number of fused-ring (bicyclic) bond motifs is 2. The number of para-hydroxylation sites is 1. The fraction of sp³-hybridized carbons (Fsp3) is 0.250. The van der Waals surface area contributed by atoms with E-state index in [0.29, 0.717) is 11.3 Å². The van der Waals surface area contributed by atoms with Gasteiger partial charge in [0.25, 0.3) is 0 Å². The highest BCUT2D eigenvalue weighted by molar-refractivity contribution is 6.18. The van der Waals surface area contributed by atoms with Crippen LogP contribution in [0.15, 0.2) is 59.7 Å². The molecule has 0 fully saturated rings. The van der Waals surface area contributed by atoms with Gasteiger partial charge in [0.2, 0.25) is 11.8 Å². The molecule has 0 radical (unpaired) electrons. The fourth-order valence-electron chi connectivity index (χ4n) is 3.73. The maximum atomic E-state index is 13.6. The smallest absolute Gasteiger partial charge is 0.339 e. The molecule has 0 aromatic heterocycles. The Morgan fingerprint density at radius 3 is 2.81 bits per heavy atom. The highest BCUT2D eigenvalue weighted by atomic mass is 16.5. The van der Waals surface area contributed by atoms with E-state index in [-0.39, 0.29) is 35.9 Å². The van der Waals surface area contributed by atoms with Crippen LogP contribution in [-0.2, 0) is 24.5 Å². The standard InChI is InChI=1S/C20H19N3O4/c1-4-10-23-15-9-7-6-8-13(15)20(19(23)25)14(11-21)17(22)27-12(3)16(20)18(24)26-5-2/h4,6-9H,1,5,10,22H2,2-3H3. The molecule has 0 bridgehead atoms. The van der Waals surface area contributed by atoms with Crippen molar-refractivity contribution < 1.29 is 19.1 Å². The number of amides is 1. The predicted molar refractivity (Wildman–Crippen MR) is 97.9 cm³/mol. The number of nitrogens with two attached hydrogens (primary N) is 1. The van der Waals surface area contributed by atoms with Crippen molar-refractivity contribution in [2.75, 3.05) is 18.1 Å². The molecular formula is C20H19N3O4. The van der Waals surface area contributed by atoms with Crippen molar-refractivity contribution in [3.05, 3.63) is 65.3 Å². The van der Waals surface area contributed by atoms with Crippen LogP contribution in [0.5, 0.6) is 0 Å². The number of benzene rings is 1. The van der Waals surface area contributed by atoms with E-state index in [9.17, 15) is 14.9 Å². The Labute approximate surface area is 157 Å². The summed E-state index contributed by atoms with van der Waals surface area (Å²) in [5, 5.41) is 9.83. The zero-order chi connectivity index (χ0) is 19.8. The largest absolute Gasteiger partial charge is 0.462 e. The number of carbonyl (C=O) groups is 2. The summed E-state index contributed by atoms with van der Waals surface area (Å²) < 4.78 is 10.6. The van der Waals surface area contributed by atoms with Gasteiger partial charge in [-0.15, -0.1) is 6.58 Å². The number of nitrogens with zero attached hydrogens (tertiary/aromatic N) is 2. The molecule has 2 heterocycles. The van der Waals surface area contributed by atoms with Gasteiger partial charge in [0, 0.05) is 17.8 Å². The molecule has 7 heteroatoms. The van der Waals surface area contributed by atoms with Gasteiger partial charge in [-0.3, -0.25) is 4.79 Å². The Balaban J connectivity index is 2.42. The molecule has 1 atom stereocenters. The second kappa shape index (κ2) is 6.65. The average Bonchev–Trinajstić information content (AvgIpc) is 2.86. The van der Waals surface area contributed by atoms with Crippen molar-refractivity contribution in [3.8, 4) is 6.07 Å². The number of hydrogen-bond acceptors (Lipinski definition) is 6. The summed E-state index contributed by atoms with van der Waals surface area (Å²) in [6, 6.07) is 8.96. The Morgan fingerprint density at radius 2 is 2.19 bits per heavy atom. The van der Waals surface area contributed by atoms with Gasteiger partial charge in [-0.1, -0.05) is 24.3 Å². The Kier molecular flexibility index (Phi) is 4.50. The SMILES string of the molecule is C=CCN1C(=O)C2(C(C#N)=C(N)OC(C)=C2C(=O)OCC)c2ccccc21. The summed E-state index contributed by atoms with van der Waals surface area (Å²) >= 11 is 0. The van der Waals surface area contributed by atoms with Gasteiger partial charge < -0.3 is 20.1 Å². The van der Waals surface area contributed by atoms with Crippen LogP contribution in [0.2, 0.25) is 0 Å². The van der Waals surface area contributed by atoms with Gasteiger partial charge in [0.1, 0.15) is 23.0 Å². The summed E-state index contributed by atoms with van der Waals surface area (Å²) in [5.74, 6) is -1.26. The molecular weight excluding hydrogens is 346 g/mol. The van der Waals surface area contributed by atoms with Crippen molar-refractivity contribution in [1.29, 1.82) is 5.26 Å². The topological polar surface area (TPSA) is 106 Å². The Hall–Kier alpha value is -3.53. The third-order valence-corrected chi connectivity index (χ3v) is 4.68. The number of ether oxygens (including phenoxy) is 2. The van der Waals surface area contributed by atoms with E-state index in [1.54, 1.807) is 37.3 Å². The maximum Gasteiger partial charge on any atom is 0.339 e. The van der Waals surface area contributed by atoms with E-state index in [1.807, 2.05) is 6.07 Å². The van der Waals surface area contributed by atoms with Crippen LogP contribution in [0.3, 0.4) is 0 Å². The van der Waals surface area contributed by atoms with Crippen LogP contribution in [0.4, 0.5) is 5.69 Å². The normalized spacial score (nSPS) is 21.1. The van der Waals surface area contributed by atoms with Crippen molar-refractivity contribution in [2.45, 2.75) is 19.3 Å². The lowest BCUT2D eigenvalue weighted by Gasteiger charge is -2.34. The van der Waals surface area contributed by atoms with E-state index in [2.05, 4.69) is 6.58 Å². The number of anilines is 1. The van der Waals surface area contributed by atoms with Crippen LogP contribution in [0, 0.1) is 11.3 Å². The Morgan fingerprint density at radius 1 is 1.48 bits per heavy atom. The zero-order valence-corrected chi connectivity index (χ0v) is 15.1. The van der Waals surface area contributed by atoms with Gasteiger partial charge in [0.15, 0.2) is 5.41 Å².